The summed E-state index contributed by atoms with van der Waals surface area (Å²) in [5.41, 5.74) is 1.41. The van der Waals surface area contributed by atoms with E-state index in [1.807, 2.05) is 19.2 Å². The van der Waals surface area contributed by atoms with Crippen LogP contribution in [0.15, 0.2) is 17.0 Å². The standard InChI is InChI=1S/C9H12O2S/c1-6-3-8(12-2)4-7(5-10)9(6)11/h3-4,10-11H,5H2,1-2H3. The summed E-state index contributed by atoms with van der Waals surface area (Å²) >= 11 is 1.60. The van der Waals surface area contributed by atoms with Crippen LogP contribution in [0.1, 0.15) is 11.1 Å². The molecule has 2 nitrogen and oxygen atoms in total. The van der Waals surface area contributed by atoms with Gasteiger partial charge in [0.2, 0.25) is 0 Å². The minimum Gasteiger partial charge on any atom is -0.507 e. The van der Waals surface area contributed by atoms with E-state index in [1.54, 1.807) is 17.8 Å². The van der Waals surface area contributed by atoms with E-state index in [0.717, 1.165) is 10.5 Å². The summed E-state index contributed by atoms with van der Waals surface area (Å²) in [6.45, 7) is 1.72. The zero-order chi connectivity index (χ0) is 9.14. The van der Waals surface area contributed by atoms with Crippen LogP contribution in [0, 0.1) is 6.92 Å². The molecule has 1 aromatic rings. The molecule has 2 N–H and O–H groups in total. The minimum absolute atomic E-state index is 0.110. The summed E-state index contributed by atoms with van der Waals surface area (Å²) in [6, 6.07) is 3.70. The Hall–Kier alpha value is -0.670. The second-order valence-corrected chi connectivity index (χ2v) is 3.49. The van der Waals surface area contributed by atoms with E-state index < -0.39 is 0 Å². The number of hydrogen-bond acceptors (Lipinski definition) is 3. The molecule has 0 bridgehead atoms. The zero-order valence-electron chi connectivity index (χ0n) is 7.16. The normalized spacial score (nSPS) is 10.2. The third-order valence-corrected chi connectivity index (χ3v) is 2.47. The predicted octanol–water partition coefficient (Wildman–Crippen LogP) is 1.91. The first-order valence-electron chi connectivity index (χ1n) is 3.66. The Bertz CT molecular complexity index is 284. The molecule has 0 fully saturated rings. The van der Waals surface area contributed by atoms with Crippen molar-refractivity contribution in [2.75, 3.05) is 6.26 Å². The highest BCUT2D eigenvalue weighted by Gasteiger charge is 2.04. The van der Waals surface area contributed by atoms with Crippen LogP contribution >= 0.6 is 11.8 Å². The lowest BCUT2D eigenvalue weighted by Gasteiger charge is -2.06. The van der Waals surface area contributed by atoms with Crippen LogP contribution in [0.25, 0.3) is 0 Å². The maximum absolute atomic E-state index is 9.45. The number of phenols is 1. The molecule has 12 heavy (non-hydrogen) atoms. The molecular formula is C9H12O2S. The largest absolute Gasteiger partial charge is 0.507 e. The summed E-state index contributed by atoms with van der Waals surface area (Å²) in [5, 5.41) is 18.3. The van der Waals surface area contributed by atoms with Crippen molar-refractivity contribution < 1.29 is 10.2 Å². The first kappa shape index (κ1) is 9.42. The average molecular weight is 184 g/mol. The summed E-state index contributed by atoms with van der Waals surface area (Å²) < 4.78 is 0. The molecule has 0 amide bonds. The van der Waals surface area contributed by atoms with Gasteiger partial charge in [0.15, 0.2) is 0 Å². The van der Waals surface area contributed by atoms with Crippen molar-refractivity contribution in [1.29, 1.82) is 0 Å². The van der Waals surface area contributed by atoms with Crippen LogP contribution in [0.3, 0.4) is 0 Å². The molecule has 0 saturated heterocycles. The van der Waals surface area contributed by atoms with E-state index in [-0.39, 0.29) is 12.4 Å². The van der Waals surface area contributed by atoms with Crippen molar-refractivity contribution in [2.45, 2.75) is 18.4 Å². The van der Waals surface area contributed by atoms with E-state index in [1.165, 1.54) is 0 Å². The fourth-order valence-corrected chi connectivity index (χ4v) is 1.61. The fraction of sp³-hybridized carbons (Fsp3) is 0.333. The quantitative estimate of drug-likeness (QED) is 0.690. The molecule has 0 unspecified atom stereocenters. The maximum atomic E-state index is 9.45. The average Bonchev–Trinajstić information content (AvgIpc) is 2.09. The van der Waals surface area contributed by atoms with Crippen molar-refractivity contribution in [1.82, 2.24) is 0 Å². The van der Waals surface area contributed by atoms with Gasteiger partial charge in [-0.15, -0.1) is 11.8 Å². The zero-order valence-corrected chi connectivity index (χ0v) is 7.98. The van der Waals surface area contributed by atoms with Crippen molar-refractivity contribution in [3.63, 3.8) is 0 Å². The van der Waals surface area contributed by atoms with Crippen molar-refractivity contribution in [3.05, 3.63) is 23.3 Å². The lowest BCUT2D eigenvalue weighted by atomic mass is 10.1. The number of aromatic hydroxyl groups is 1. The second-order valence-electron chi connectivity index (χ2n) is 2.61. The highest BCUT2D eigenvalue weighted by molar-refractivity contribution is 7.98. The highest BCUT2D eigenvalue weighted by Crippen LogP contribution is 2.27. The summed E-state index contributed by atoms with van der Waals surface area (Å²) in [4.78, 5) is 1.06. The Morgan fingerprint density at radius 1 is 1.42 bits per heavy atom. The molecule has 0 radical (unpaired) electrons. The molecule has 0 saturated carbocycles. The molecule has 0 aliphatic heterocycles. The van der Waals surface area contributed by atoms with Gasteiger partial charge < -0.3 is 10.2 Å². The lowest BCUT2D eigenvalue weighted by molar-refractivity contribution is 0.275. The summed E-state index contributed by atoms with van der Waals surface area (Å²) in [6.07, 6.45) is 1.97. The molecule has 0 spiro atoms. The number of aliphatic hydroxyl groups is 1. The fourth-order valence-electron chi connectivity index (χ4n) is 1.06. The molecule has 1 rings (SSSR count). The number of rotatable bonds is 2. The lowest BCUT2D eigenvalue weighted by Crippen LogP contribution is -1.88. The third kappa shape index (κ3) is 1.73. The van der Waals surface area contributed by atoms with Gasteiger partial charge in [-0.25, -0.2) is 0 Å². The molecule has 0 aliphatic rings. The van der Waals surface area contributed by atoms with Gasteiger partial charge in [0.25, 0.3) is 0 Å². The predicted molar refractivity (Wildman–Crippen MR) is 50.5 cm³/mol. The summed E-state index contributed by atoms with van der Waals surface area (Å²) in [7, 11) is 0. The molecule has 0 heterocycles. The molecule has 3 heteroatoms. The number of hydrogen-bond donors (Lipinski definition) is 2. The van der Waals surface area contributed by atoms with Crippen molar-refractivity contribution >= 4 is 11.8 Å². The topological polar surface area (TPSA) is 40.5 Å². The van der Waals surface area contributed by atoms with Gasteiger partial charge in [-0.3, -0.25) is 0 Å². The van der Waals surface area contributed by atoms with Crippen molar-refractivity contribution in [3.8, 4) is 5.75 Å². The number of benzene rings is 1. The van der Waals surface area contributed by atoms with Crippen molar-refractivity contribution in [2.24, 2.45) is 0 Å². The number of thioether (sulfide) groups is 1. The summed E-state index contributed by atoms with van der Waals surface area (Å²) in [5.74, 6) is 0.204. The Morgan fingerprint density at radius 2 is 2.08 bits per heavy atom. The number of aliphatic hydroxyl groups excluding tert-OH is 1. The van der Waals surface area contributed by atoms with E-state index in [2.05, 4.69) is 0 Å². The van der Waals surface area contributed by atoms with E-state index in [0.29, 0.717) is 5.56 Å². The van der Waals surface area contributed by atoms with E-state index >= 15 is 0 Å². The molecule has 66 valence electrons. The van der Waals surface area contributed by atoms with Crippen LogP contribution in [0.4, 0.5) is 0 Å². The second kappa shape index (κ2) is 3.83. The van der Waals surface area contributed by atoms with Gasteiger partial charge in [-0.05, 0) is 30.9 Å². The number of aryl methyl sites for hydroxylation is 1. The van der Waals surface area contributed by atoms with Gasteiger partial charge >= 0.3 is 0 Å². The van der Waals surface area contributed by atoms with Gasteiger partial charge in [-0.1, -0.05) is 0 Å². The Kier molecular flexibility index (Phi) is 3.00. The van der Waals surface area contributed by atoms with E-state index in [4.69, 9.17) is 5.11 Å². The van der Waals surface area contributed by atoms with Gasteiger partial charge in [-0.2, -0.15) is 0 Å². The van der Waals surface area contributed by atoms with Gasteiger partial charge in [0.05, 0.1) is 6.61 Å². The Labute approximate surface area is 76.2 Å². The Morgan fingerprint density at radius 3 is 2.58 bits per heavy atom. The Balaban J connectivity index is 3.19. The smallest absolute Gasteiger partial charge is 0.124 e. The van der Waals surface area contributed by atoms with Gasteiger partial charge in [0.1, 0.15) is 5.75 Å². The SMILES string of the molecule is CSc1cc(C)c(O)c(CO)c1. The van der Waals surface area contributed by atoms with Crippen LogP contribution in [-0.2, 0) is 6.61 Å². The van der Waals surface area contributed by atoms with E-state index in [9.17, 15) is 5.11 Å². The highest BCUT2D eigenvalue weighted by atomic mass is 32.2. The third-order valence-electron chi connectivity index (χ3n) is 1.76. The maximum Gasteiger partial charge on any atom is 0.124 e. The monoisotopic (exact) mass is 184 g/mol. The molecule has 0 aliphatic carbocycles. The first-order chi connectivity index (χ1) is 5.69. The molecule has 0 aromatic heterocycles. The van der Waals surface area contributed by atoms with Crippen LogP contribution < -0.4 is 0 Å². The first-order valence-corrected chi connectivity index (χ1v) is 4.89. The molecule has 0 atom stereocenters. The van der Waals surface area contributed by atoms with Gasteiger partial charge in [0, 0.05) is 10.5 Å². The minimum atomic E-state index is -0.110. The van der Waals surface area contributed by atoms with Crippen LogP contribution in [0.5, 0.6) is 5.75 Å². The van der Waals surface area contributed by atoms with Crippen LogP contribution in [0.2, 0.25) is 0 Å². The molecular weight excluding hydrogens is 172 g/mol. The molecule has 1 aromatic carbocycles. The van der Waals surface area contributed by atoms with Crippen LogP contribution in [-0.4, -0.2) is 16.5 Å².